The van der Waals surface area contributed by atoms with Gasteiger partial charge >= 0.3 is 5.97 Å². The molecular weight excluding hydrogens is 390 g/mol. The van der Waals surface area contributed by atoms with Gasteiger partial charge in [-0.1, -0.05) is 89.9 Å². The number of rotatable bonds is 25. The van der Waals surface area contributed by atoms with Gasteiger partial charge < -0.3 is 20.3 Å². The van der Waals surface area contributed by atoms with Crippen LogP contribution >= 0.6 is 0 Å². The standard InChI is InChI=1S/C26H53NO4/c1-27-21-18-24-31-26(30)25(19-14-10-6-2-4-8-12-16-22-28)20-15-11-7-3-5-9-13-17-23-29/h25,27-29H,2-24H2,1H3. The number of nitrogens with one attached hydrogen (secondary N) is 1. The SMILES string of the molecule is CNCCCOC(=O)C(CCCCCCCCCCO)CCCCCCCCCCO. The largest absolute Gasteiger partial charge is 0.465 e. The summed E-state index contributed by atoms with van der Waals surface area (Å²) < 4.78 is 5.55. The van der Waals surface area contributed by atoms with Crippen LogP contribution in [0.15, 0.2) is 0 Å². The molecule has 0 radical (unpaired) electrons. The van der Waals surface area contributed by atoms with Gasteiger partial charge in [0.1, 0.15) is 0 Å². The fraction of sp³-hybridized carbons (Fsp3) is 0.962. The van der Waals surface area contributed by atoms with E-state index in [1.54, 1.807) is 0 Å². The summed E-state index contributed by atoms with van der Waals surface area (Å²) in [5.74, 6) is 0.0906. The fourth-order valence-corrected chi connectivity index (χ4v) is 4.05. The zero-order valence-corrected chi connectivity index (χ0v) is 20.6. The summed E-state index contributed by atoms with van der Waals surface area (Å²) in [6.45, 7) is 2.04. The number of aliphatic hydroxyl groups is 2. The van der Waals surface area contributed by atoms with Crippen LogP contribution in [0.4, 0.5) is 0 Å². The first kappa shape index (κ1) is 30.4. The predicted octanol–water partition coefficient (Wildman–Crippen LogP) is 5.76. The van der Waals surface area contributed by atoms with Crippen molar-refractivity contribution in [2.45, 2.75) is 122 Å². The average molecular weight is 444 g/mol. The number of ether oxygens (including phenoxy) is 1. The molecule has 0 atom stereocenters. The van der Waals surface area contributed by atoms with Crippen molar-refractivity contribution in [1.29, 1.82) is 0 Å². The number of unbranched alkanes of at least 4 members (excludes halogenated alkanes) is 14. The third-order valence-corrected chi connectivity index (χ3v) is 6.07. The summed E-state index contributed by atoms with van der Waals surface area (Å²) in [6, 6.07) is 0. The van der Waals surface area contributed by atoms with Gasteiger partial charge in [0.2, 0.25) is 0 Å². The summed E-state index contributed by atoms with van der Waals surface area (Å²) >= 11 is 0. The number of carbonyl (C=O) groups is 1. The Morgan fingerprint density at radius 3 is 1.42 bits per heavy atom. The molecule has 0 aliphatic carbocycles. The Kier molecular flexibility index (Phi) is 25.1. The quantitative estimate of drug-likeness (QED) is 0.123. The summed E-state index contributed by atoms with van der Waals surface area (Å²) in [6.07, 6.45) is 21.6. The summed E-state index contributed by atoms with van der Waals surface area (Å²) in [5.41, 5.74) is 0. The normalized spacial score (nSPS) is 11.4. The third-order valence-electron chi connectivity index (χ3n) is 6.07. The van der Waals surface area contributed by atoms with Crippen LogP contribution in [0.1, 0.15) is 122 Å². The van der Waals surface area contributed by atoms with Gasteiger partial charge in [-0.2, -0.15) is 0 Å². The highest BCUT2D eigenvalue weighted by molar-refractivity contribution is 5.72. The first-order valence-electron chi connectivity index (χ1n) is 13.3. The lowest BCUT2D eigenvalue weighted by molar-refractivity contribution is -0.149. The number of carbonyl (C=O) groups excluding carboxylic acids is 1. The Morgan fingerprint density at radius 1 is 0.645 bits per heavy atom. The van der Waals surface area contributed by atoms with Crippen molar-refractivity contribution < 1.29 is 19.7 Å². The maximum Gasteiger partial charge on any atom is 0.308 e. The molecule has 5 heteroatoms. The van der Waals surface area contributed by atoms with E-state index in [0.29, 0.717) is 19.8 Å². The third kappa shape index (κ3) is 22.3. The van der Waals surface area contributed by atoms with Crippen molar-refractivity contribution in [2.24, 2.45) is 5.92 Å². The van der Waals surface area contributed by atoms with Gasteiger partial charge in [-0.15, -0.1) is 0 Å². The van der Waals surface area contributed by atoms with Crippen LogP contribution in [0.5, 0.6) is 0 Å². The van der Waals surface area contributed by atoms with Gasteiger partial charge in [-0.25, -0.2) is 0 Å². The Bertz CT molecular complexity index is 343. The number of hydrogen-bond donors (Lipinski definition) is 3. The van der Waals surface area contributed by atoms with Gasteiger partial charge in [-0.05, 0) is 45.7 Å². The van der Waals surface area contributed by atoms with Gasteiger partial charge in [0, 0.05) is 13.2 Å². The van der Waals surface area contributed by atoms with Crippen LogP contribution in [-0.4, -0.2) is 49.6 Å². The van der Waals surface area contributed by atoms with Gasteiger partial charge in [0.15, 0.2) is 0 Å². The van der Waals surface area contributed by atoms with Gasteiger partial charge in [0.05, 0.1) is 12.5 Å². The molecule has 0 spiro atoms. The summed E-state index contributed by atoms with van der Waals surface area (Å²) in [4.78, 5) is 12.6. The lowest BCUT2D eigenvalue weighted by Gasteiger charge is -2.16. The second-order valence-corrected chi connectivity index (χ2v) is 9.00. The van der Waals surface area contributed by atoms with E-state index in [2.05, 4.69) is 5.32 Å². The first-order chi connectivity index (χ1) is 15.3. The molecule has 0 aliphatic heterocycles. The van der Waals surface area contributed by atoms with E-state index in [0.717, 1.165) is 64.3 Å². The lowest BCUT2D eigenvalue weighted by atomic mass is 9.94. The van der Waals surface area contributed by atoms with E-state index in [-0.39, 0.29) is 11.9 Å². The highest BCUT2D eigenvalue weighted by atomic mass is 16.5. The molecule has 0 aromatic carbocycles. The van der Waals surface area contributed by atoms with Crippen molar-refractivity contribution >= 4 is 5.97 Å². The van der Waals surface area contributed by atoms with Crippen molar-refractivity contribution in [2.75, 3.05) is 33.4 Å². The van der Waals surface area contributed by atoms with Crippen molar-refractivity contribution in [1.82, 2.24) is 5.32 Å². The predicted molar refractivity (Wildman–Crippen MR) is 130 cm³/mol. The Morgan fingerprint density at radius 2 is 1.03 bits per heavy atom. The van der Waals surface area contributed by atoms with Crippen LogP contribution in [0.3, 0.4) is 0 Å². The topological polar surface area (TPSA) is 78.8 Å². The highest BCUT2D eigenvalue weighted by Crippen LogP contribution is 2.21. The van der Waals surface area contributed by atoms with Gasteiger partial charge in [-0.3, -0.25) is 4.79 Å². The molecule has 0 saturated carbocycles. The molecular formula is C26H53NO4. The van der Waals surface area contributed by atoms with E-state index in [9.17, 15) is 4.79 Å². The molecule has 5 nitrogen and oxygen atoms in total. The maximum absolute atomic E-state index is 12.6. The van der Waals surface area contributed by atoms with Crippen LogP contribution in [0, 0.1) is 5.92 Å². The molecule has 0 fully saturated rings. The molecule has 0 unspecified atom stereocenters. The van der Waals surface area contributed by atoms with Gasteiger partial charge in [0.25, 0.3) is 0 Å². The number of aliphatic hydroxyl groups excluding tert-OH is 2. The molecule has 0 amide bonds. The van der Waals surface area contributed by atoms with Crippen LogP contribution in [-0.2, 0) is 9.53 Å². The van der Waals surface area contributed by atoms with Crippen LogP contribution in [0.25, 0.3) is 0 Å². The smallest absolute Gasteiger partial charge is 0.308 e. The molecule has 0 aliphatic rings. The zero-order chi connectivity index (χ0) is 22.8. The molecule has 0 saturated heterocycles. The molecule has 186 valence electrons. The molecule has 0 aromatic heterocycles. The summed E-state index contributed by atoms with van der Waals surface area (Å²) in [5, 5.41) is 20.7. The maximum atomic E-state index is 12.6. The average Bonchev–Trinajstić information content (AvgIpc) is 2.78. The Balaban J connectivity index is 3.96. The van der Waals surface area contributed by atoms with Crippen molar-refractivity contribution in [3.8, 4) is 0 Å². The second-order valence-electron chi connectivity index (χ2n) is 9.00. The molecule has 0 rings (SSSR count). The molecule has 0 heterocycles. The number of esters is 1. The minimum atomic E-state index is 0.0177. The van der Waals surface area contributed by atoms with Crippen LogP contribution < -0.4 is 5.32 Å². The molecule has 31 heavy (non-hydrogen) atoms. The van der Waals surface area contributed by atoms with E-state index >= 15 is 0 Å². The lowest BCUT2D eigenvalue weighted by Crippen LogP contribution is -2.20. The first-order valence-corrected chi connectivity index (χ1v) is 13.3. The van der Waals surface area contributed by atoms with Crippen molar-refractivity contribution in [3.63, 3.8) is 0 Å². The fourth-order valence-electron chi connectivity index (χ4n) is 4.05. The Labute approximate surface area is 192 Å². The molecule has 0 aromatic rings. The second kappa shape index (κ2) is 25.6. The van der Waals surface area contributed by atoms with E-state index in [1.807, 2.05) is 7.05 Å². The molecule has 0 bridgehead atoms. The monoisotopic (exact) mass is 443 g/mol. The van der Waals surface area contributed by atoms with E-state index in [1.165, 1.54) is 64.2 Å². The van der Waals surface area contributed by atoms with E-state index < -0.39 is 0 Å². The van der Waals surface area contributed by atoms with Crippen molar-refractivity contribution in [3.05, 3.63) is 0 Å². The Hall–Kier alpha value is -0.650. The highest BCUT2D eigenvalue weighted by Gasteiger charge is 2.19. The summed E-state index contributed by atoms with van der Waals surface area (Å²) in [7, 11) is 1.92. The van der Waals surface area contributed by atoms with Crippen LogP contribution in [0.2, 0.25) is 0 Å². The van der Waals surface area contributed by atoms with E-state index in [4.69, 9.17) is 14.9 Å². The minimum absolute atomic E-state index is 0.0177. The molecule has 3 N–H and O–H groups in total. The minimum Gasteiger partial charge on any atom is -0.465 e. The number of hydrogen-bond acceptors (Lipinski definition) is 5. The zero-order valence-electron chi connectivity index (χ0n) is 20.6.